The van der Waals surface area contributed by atoms with E-state index in [1.54, 1.807) is 17.7 Å². The number of carbonyl (C=O) groups is 1. The van der Waals surface area contributed by atoms with Gasteiger partial charge in [0.2, 0.25) is 5.91 Å². The summed E-state index contributed by atoms with van der Waals surface area (Å²) >= 11 is 1.25. The molecule has 1 aromatic heterocycles. The fourth-order valence-corrected chi connectivity index (χ4v) is 4.16. The first-order valence-electron chi connectivity index (χ1n) is 10.2. The quantitative estimate of drug-likeness (QED) is 0.335. The van der Waals surface area contributed by atoms with Crippen molar-refractivity contribution in [3.63, 3.8) is 0 Å². The smallest absolute Gasteiger partial charge is 0.262 e. The Labute approximate surface area is 190 Å². The predicted octanol–water partition coefficient (Wildman–Crippen LogP) is 4.49. The molecule has 1 N–H and O–H groups in total. The number of ether oxygens (including phenoxy) is 1. The maximum Gasteiger partial charge on any atom is 0.262 e. The van der Waals surface area contributed by atoms with Crippen LogP contribution in [0.15, 0.2) is 82.7 Å². The van der Waals surface area contributed by atoms with Crippen molar-refractivity contribution in [2.24, 2.45) is 0 Å². The average molecular weight is 446 g/mol. The van der Waals surface area contributed by atoms with Crippen molar-refractivity contribution >= 4 is 34.3 Å². The van der Waals surface area contributed by atoms with Gasteiger partial charge < -0.3 is 10.1 Å². The number of anilines is 1. The van der Waals surface area contributed by atoms with Crippen LogP contribution in [0.5, 0.6) is 5.75 Å². The third-order valence-corrected chi connectivity index (χ3v) is 5.94. The van der Waals surface area contributed by atoms with Gasteiger partial charge >= 0.3 is 0 Å². The number of para-hydroxylation sites is 1. The number of thioether (sulfide) groups is 1. The van der Waals surface area contributed by atoms with E-state index in [0.717, 1.165) is 22.6 Å². The molecule has 1 heterocycles. The van der Waals surface area contributed by atoms with E-state index in [2.05, 4.69) is 10.3 Å². The van der Waals surface area contributed by atoms with E-state index in [9.17, 15) is 9.59 Å². The Hall–Kier alpha value is -3.58. The topological polar surface area (TPSA) is 73.2 Å². The van der Waals surface area contributed by atoms with Crippen molar-refractivity contribution in [2.75, 3.05) is 18.2 Å². The number of nitrogens with one attached hydrogen (secondary N) is 1. The lowest BCUT2D eigenvalue weighted by atomic mass is 10.2. The van der Waals surface area contributed by atoms with Crippen molar-refractivity contribution in [1.29, 1.82) is 0 Å². The van der Waals surface area contributed by atoms with Gasteiger partial charge in [-0.25, -0.2) is 4.98 Å². The lowest BCUT2D eigenvalue weighted by molar-refractivity contribution is -0.113. The molecule has 0 fully saturated rings. The SMILES string of the molecule is COc1ccc(Cn2c(SCC(=O)Nc3cccc(C)c3)nc3ccccc3c2=O)cc1. The molecule has 0 radical (unpaired) electrons. The summed E-state index contributed by atoms with van der Waals surface area (Å²) in [6, 6.07) is 22.4. The number of aryl methyl sites for hydroxylation is 1. The third-order valence-electron chi connectivity index (χ3n) is 4.96. The zero-order chi connectivity index (χ0) is 22.5. The van der Waals surface area contributed by atoms with Gasteiger partial charge in [-0.2, -0.15) is 0 Å². The standard InChI is InChI=1S/C25H23N3O3S/c1-17-6-5-7-19(14-17)26-23(29)16-32-25-27-22-9-4-3-8-21(22)24(30)28(25)15-18-10-12-20(31-2)13-11-18/h3-14H,15-16H2,1-2H3,(H,26,29). The minimum Gasteiger partial charge on any atom is -0.497 e. The molecule has 0 spiro atoms. The first-order chi connectivity index (χ1) is 15.5. The molecule has 6 nitrogen and oxygen atoms in total. The molecule has 0 bridgehead atoms. The number of methoxy groups -OCH3 is 1. The minimum atomic E-state index is -0.154. The van der Waals surface area contributed by atoms with Gasteiger partial charge in [-0.3, -0.25) is 14.2 Å². The second-order valence-corrected chi connectivity index (χ2v) is 8.30. The highest BCUT2D eigenvalue weighted by Crippen LogP contribution is 2.20. The van der Waals surface area contributed by atoms with Crippen LogP contribution in [-0.4, -0.2) is 28.3 Å². The summed E-state index contributed by atoms with van der Waals surface area (Å²) in [7, 11) is 1.61. The number of carbonyl (C=O) groups excluding carboxylic acids is 1. The number of nitrogens with zero attached hydrogens (tertiary/aromatic N) is 2. The number of fused-ring (bicyclic) bond motifs is 1. The van der Waals surface area contributed by atoms with Gasteiger partial charge in [0.1, 0.15) is 5.75 Å². The zero-order valence-corrected chi connectivity index (χ0v) is 18.7. The lowest BCUT2D eigenvalue weighted by Crippen LogP contribution is -2.24. The predicted molar refractivity (Wildman–Crippen MR) is 129 cm³/mol. The molecular formula is C25H23N3O3S. The Balaban J connectivity index is 1.60. The van der Waals surface area contributed by atoms with Crippen LogP contribution in [0.25, 0.3) is 10.9 Å². The van der Waals surface area contributed by atoms with Crippen molar-refractivity contribution in [1.82, 2.24) is 9.55 Å². The maximum absolute atomic E-state index is 13.2. The van der Waals surface area contributed by atoms with Gasteiger partial charge in [0, 0.05) is 5.69 Å². The normalized spacial score (nSPS) is 10.8. The molecule has 0 aliphatic rings. The van der Waals surface area contributed by atoms with Crippen LogP contribution in [0.1, 0.15) is 11.1 Å². The Bertz CT molecular complexity index is 1320. The molecule has 162 valence electrons. The molecule has 7 heteroatoms. The van der Waals surface area contributed by atoms with Gasteiger partial charge in [-0.1, -0.05) is 48.2 Å². The van der Waals surface area contributed by atoms with Crippen LogP contribution in [0.4, 0.5) is 5.69 Å². The Morgan fingerprint density at radius 3 is 2.59 bits per heavy atom. The molecular weight excluding hydrogens is 422 g/mol. The largest absolute Gasteiger partial charge is 0.497 e. The molecule has 0 saturated heterocycles. The highest BCUT2D eigenvalue weighted by atomic mass is 32.2. The number of hydrogen-bond acceptors (Lipinski definition) is 5. The third kappa shape index (κ3) is 5.00. The molecule has 4 aromatic rings. The summed E-state index contributed by atoms with van der Waals surface area (Å²) in [4.78, 5) is 30.4. The van der Waals surface area contributed by atoms with Crippen LogP contribution in [0.2, 0.25) is 0 Å². The highest BCUT2D eigenvalue weighted by Gasteiger charge is 2.14. The molecule has 0 saturated carbocycles. The van der Waals surface area contributed by atoms with Gasteiger partial charge in [-0.15, -0.1) is 0 Å². The van der Waals surface area contributed by atoms with Gasteiger partial charge in [0.15, 0.2) is 5.16 Å². The summed E-state index contributed by atoms with van der Waals surface area (Å²) < 4.78 is 6.84. The summed E-state index contributed by atoms with van der Waals surface area (Å²) in [5.41, 5.74) is 3.24. The Morgan fingerprint density at radius 1 is 1.06 bits per heavy atom. The van der Waals surface area contributed by atoms with E-state index < -0.39 is 0 Å². The summed E-state index contributed by atoms with van der Waals surface area (Å²) in [5, 5.41) is 3.95. The van der Waals surface area contributed by atoms with Gasteiger partial charge in [-0.05, 0) is 54.4 Å². The summed E-state index contributed by atoms with van der Waals surface area (Å²) in [6.45, 7) is 2.32. The molecule has 1 amide bonds. The van der Waals surface area contributed by atoms with Crippen molar-refractivity contribution in [3.8, 4) is 5.75 Å². The van der Waals surface area contributed by atoms with E-state index >= 15 is 0 Å². The number of aromatic nitrogens is 2. The van der Waals surface area contributed by atoms with Crippen molar-refractivity contribution < 1.29 is 9.53 Å². The Morgan fingerprint density at radius 2 is 1.84 bits per heavy atom. The molecule has 32 heavy (non-hydrogen) atoms. The van der Waals surface area contributed by atoms with Crippen LogP contribution in [0, 0.1) is 6.92 Å². The van der Waals surface area contributed by atoms with E-state index in [4.69, 9.17) is 4.74 Å². The fourth-order valence-electron chi connectivity index (χ4n) is 3.36. The fraction of sp³-hybridized carbons (Fsp3) is 0.160. The number of rotatable bonds is 7. The minimum absolute atomic E-state index is 0.131. The summed E-state index contributed by atoms with van der Waals surface area (Å²) in [5.74, 6) is 0.737. The molecule has 0 aliphatic carbocycles. The van der Waals surface area contributed by atoms with E-state index in [-0.39, 0.29) is 17.2 Å². The van der Waals surface area contributed by atoms with Crippen LogP contribution in [0.3, 0.4) is 0 Å². The first-order valence-corrected chi connectivity index (χ1v) is 11.1. The number of benzene rings is 3. The van der Waals surface area contributed by atoms with E-state index in [1.165, 1.54) is 11.8 Å². The second-order valence-electron chi connectivity index (χ2n) is 7.36. The summed E-state index contributed by atoms with van der Waals surface area (Å²) in [6.07, 6.45) is 0. The average Bonchev–Trinajstić information content (AvgIpc) is 2.80. The van der Waals surface area contributed by atoms with E-state index in [1.807, 2.05) is 73.7 Å². The molecule has 4 rings (SSSR count). The van der Waals surface area contributed by atoms with Crippen LogP contribution in [-0.2, 0) is 11.3 Å². The Kier molecular flexibility index (Phi) is 6.56. The number of amides is 1. The maximum atomic E-state index is 13.2. The van der Waals surface area contributed by atoms with Gasteiger partial charge in [0.05, 0.1) is 30.3 Å². The first kappa shape index (κ1) is 21.6. The van der Waals surface area contributed by atoms with Crippen LogP contribution >= 0.6 is 11.8 Å². The monoisotopic (exact) mass is 445 g/mol. The highest BCUT2D eigenvalue weighted by molar-refractivity contribution is 7.99. The molecule has 3 aromatic carbocycles. The van der Waals surface area contributed by atoms with E-state index in [0.29, 0.717) is 22.6 Å². The zero-order valence-electron chi connectivity index (χ0n) is 17.9. The molecule has 0 atom stereocenters. The van der Waals surface area contributed by atoms with Crippen LogP contribution < -0.4 is 15.6 Å². The van der Waals surface area contributed by atoms with Crippen molar-refractivity contribution in [2.45, 2.75) is 18.6 Å². The lowest BCUT2D eigenvalue weighted by Gasteiger charge is -2.14. The molecule has 0 aliphatic heterocycles. The second kappa shape index (κ2) is 9.70. The number of hydrogen-bond donors (Lipinski definition) is 1. The van der Waals surface area contributed by atoms with Crippen molar-refractivity contribution in [3.05, 3.63) is 94.3 Å². The molecule has 0 unspecified atom stereocenters. The van der Waals surface area contributed by atoms with Gasteiger partial charge in [0.25, 0.3) is 5.56 Å².